The second-order valence-electron chi connectivity index (χ2n) is 5.20. The van der Waals surface area contributed by atoms with Gasteiger partial charge in [-0.25, -0.2) is 4.79 Å². The Bertz CT molecular complexity index is 792. The zero-order chi connectivity index (χ0) is 18.9. The van der Waals surface area contributed by atoms with E-state index < -0.39 is 11.9 Å². The van der Waals surface area contributed by atoms with Gasteiger partial charge in [0.25, 0.3) is 11.8 Å². The molecule has 8 heteroatoms. The van der Waals surface area contributed by atoms with E-state index in [4.69, 9.17) is 21.4 Å². The molecule has 2 amide bonds. The third-order valence-electron chi connectivity index (χ3n) is 3.32. The maximum absolute atomic E-state index is 12.0. The number of aromatic carboxylic acids is 1. The van der Waals surface area contributed by atoms with Gasteiger partial charge in [-0.2, -0.15) is 0 Å². The van der Waals surface area contributed by atoms with Crippen LogP contribution in [0.3, 0.4) is 0 Å². The van der Waals surface area contributed by atoms with Crippen molar-refractivity contribution in [1.82, 2.24) is 10.6 Å². The van der Waals surface area contributed by atoms with E-state index in [-0.39, 0.29) is 36.7 Å². The minimum absolute atomic E-state index is 0.0670. The largest absolute Gasteiger partial charge is 0.484 e. The zero-order valence-electron chi connectivity index (χ0n) is 13.7. The molecule has 0 spiro atoms. The van der Waals surface area contributed by atoms with E-state index in [1.54, 1.807) is 36.4 Å². The van der Waals surface area contributed by atoms with Crippen LogP contribution in [0.4, 0.5) is 0 Å². The zero-order valence-corrected chi connectivity index (χ0v) is 14.5. The standard InChI is InChI=1S/C18H17ClN2O5/c19-12-5-7-13(8-6-12)26-11-16(22)20-9-10-21-17(23)14-3-1-2-4-15(14)18(24)25/h1-8H,9-11H2,(H,20,22)(H,21,23)(H,24,25). The second-order valence-corrected chi connectivity index (χ2v) is 5.64. The van der Waals surface area contributed by atoms with Gasteiger partial charge in [-0.1, -0.05) is 23.7 Å². The quantitative estimate of drug-likeness (QED) is 0.611. The van der Waals surface area contributed by atoms with Crippen molar-refractivity contribution in [3.05, 3.63) is 64.7 Å². The van der Waals surface area contributed by atoms with E-state index in [9.17, 15) is 14.4 Å². The van der Waals surface area contributed by atoms with E-state index in [2.05, 4.69) is 10.6 Å². The van der Waals surface area contributed by atoms with Crippen LogP contribution in [0.15, 0.2) is 48.5 Å². The summed E-state index contributed by atoms with van der Waals surface area (Å²) in [5.41, 5.74) is -0.0113. The minimum atomic E-state index is -1.18. The highest BCUT2D eigenvalue weighted by atomic mass is 35.5. The molecule has 0 heterocycles. The maximum Gasteiger partial charge on any atom is 0.336 e. The molecule has 2 aromatic rings. The molecule has 2 rings (SSSR count). The average molecular weight is 377 g/mol. The van der Waals surface area contributed by atoms with Crippen LogP contribution < -0.4 is 15.4 Å². The molecule has 0 aromatic heterocycles. The highest BCUT2D eigenvalue weighted by Crippen LogP contribution is 2.15. The summed E-state index contributed by atoms with van der Waals surface area (Å²) in [5, 5.41) is 14.8. The average Bonchev–Trinajstić information content (AvgIpc) is 2.64. The van der Waals surface area contributed by atoms with Gasteiger partial charge in [-0.15, -0.1) is 0 Å². The summed E-state index contributed by atoms with van der Waals surface area (Å²) in [6.45, 7) is 0.167. The van der Waals surface area contributed by atoms with Crippen LogP contribution >= 0.6 is 11.6 Å². The van der Waals surface area contributed by atoms with Gasteiger partial charge in [0.2, 0.25) is 0 Å². The minimum Gasteiger partial charge on any atom is -0.484 e. The number of benzene rings is 2. The smallest absolute Gasteiger partial charge is 0.336 e. The molecule has 26 heavy (non-hydrogen) atoms. The van der Waals surface area contributed by atoms with Gasteiger partial charge < -0.3 is 20.5 Å². The van der Waals surface area contributed by atoms with Crippen LogP contribution in [0, 0.1) is 0 Å². The first-order chi connectivity index (χ1) is 12.5. The van der Waals surface area contributed by atoms with Crippen molar-refractivity contribution in [2.75, 3.05) is 19.7 Å². The number of ether oxygens (including phenoxy) is 1. The fraction of sp³-hybridized carbons (Fsp3) is 0.167. The normalized spacial score (nSPS) is 10.0. The Morgan fingerprint density at radius 2 is 1.54 bits per heavy atom. The van der Waals surface area contributed by atoms with Gasteiger partial charge in [0.1, 0.15) is 5.75 Å². The third kappa shape index (κ3) is 5.78. The number of hydrogen-bond acceptors (Lipinski definition) is 4. The Labute approximate surface area is 154 Å². The number of halogens is 1. The summed E-state index contributed by atoms with van der Waals surface area (Å²) >= 11 is 5.75. The number of carboxylic acid groups (broad SMARTS) is 1. The lowest BCUT2D eigenvalue weighted by molar-refractivity contribution is -0.123. The number of carbonyl (C=O) groups excluding carboxylic acids is 2. The van der Waals surface area contributed by atoms with Gasteiger partial charge in [0.15, 0.2) is 6.61 Å². The van der Waals surface area contributed by atoms with Crippen LogP contribution in [0.1, 0.15) is 20.7 Å². The van der Waals surface area contributed by atoms with Gasteiger partial charge in [0.05, 0.1) is 11.1 Å². The lowest BCUT2D eigenvalue weighted by atomic mass is 10.1. The predicted octanol–water partition coefficient (Wildman–Crippen LogP) is 1.96. The molecular formula is C18H17ClN2O5. The first kappa shape index (κ1) is 19.3. The molecule has 0 aliphatic rings. The van der Waals surface area contributed by atoms with Crippen molar-refractivity contribution in [3.8, 4) is 5.75 Å². The first-order valence-corrected chi connectivity index (χ1v) is 8.11. The van der Waals surface area contributed by atoms with E-state index in [1.165, 1.54) is 12.1 Å². The summed E-state index contributed by atoms with van der Waals surface area (Å²) in [4.78, 5) is 34.8. The monoisotopic (exact) mass is 376 g/mol. The van der Waals surface area contributed by atoms with Gasteiger partial charge in [0, 0.05) is 18.1 Å². The molecule has 0 radical (unpaired) electrons. The molecule has 2 aromatic carbocycles. The number of nitrogens with one attached hydrogen (secondary N) is 2. The molecule has 3 N–H and O–H groups in total. The number of carbonyl (C=O) groups is 3. The van der Waals surface area contributed by atoms with E-state index in [0.717, 1.165) is 0 Å². The predicted molar refractivity (Wildman–Crippen MR) is 95.7 cm³/mol. The molecule has 0 unspecified atom stereocenters. The summed E-state index contributed by atoms with van der Waals surface area (Å²) in [7, 11) is 0. The van der Waals surface area contributed by atoms with Crippen molar-refractivity contribution >= 4 is 29.4 Å². The van der Waals surface area contributed by atoms with Crippen LogP contribution in [0.5, 0.6) is 5.75 Å². The summed E-state index contributed by atoms with van der Waals surface area (Å²) < 4.78 is 5.29. The molecule has 136 valence electrons. The molecule has 0 fully saturated rings. The lowest BCUT2D eigenvalue weighted by Gasteiger charge is -2.09. The second kappa shape index (κ2) is 9.43. The highest BCUT2D eigenvalue weighted by molar-refractivity contribution is 6.30. The Hall–Kier alpha value is -3.06. The molecule has 0 saturated heterocycles. The fourth-order valence-corrected chi connectivity index (χ4v) is 2.20. The molecule has 0 aliphatic heterocycles. The van der Waals surface area contributed by atoms with Crippen molar-refractivity contribution < 1.29 is 24.2 Å². The molecule has 0 atom stereocenters. The topological polar surface area (TPSA) is 105 Å². The molecule has 7 nitrogen and oxygen atoms in total. The van der Waals surface area contributed by atoms with Crippen LogP contribution in [0.25, 0.3) is 0 Å². The first-order valence-electron chi connectivity index (χ1n) is 7.73. The van der Waals surface area contributed by atoms with Gasteiger partial charge >= 0.3 is 5.97 Å². The third-order valence-corrected chi connectivity index (χ3v) is 3.57. The molecule has 0 saturated carbocycles. The molecule has 0 aliphatic carbocycles. The number of rotatable bonds is 8. The summed E-state index contributed by atoms with van der Waals surface area (Å²) in [6.07, 6.45) is 0. The summed E-state index contributed by atoms with van der Waals surface area (Å²) in [6, 6.07) is 12.5. The van der Waals surface area contributed by atoms with Crippen LogP contribution in [-0.4, -0.2) is 42.6 Å². The Morgan fingerprint density at radius 1 is 0.923 bits per heavy atom. The number of amides is 2. The Balaban J connectivity index is 1.71. The molecular weight excluding hydrogens is 360 g/mol. The Kier molecular flexibility index (Phi) is 6.99. The van der Waals surface area contributed by atoms with E-state index >= 15 is 0 Å². The number of hydrogen-bond donors (Lipinski definition) is 3. The highest BCUT2D eigenvalue weighted by Gasteiger charge is 2.15. The summed E-state index contributed by atoms with van der Waals surface area (Å²) in [5.74, 6) is -1.53. The SMILES string of the molecule is O=C(COc1ccc(Cl)cc1)NCCNC(=O)c1ccccc1C(=O)O. The van der Waals surface area contributed by atoms with Crippen molar-refractivity contribution in [1.29, 1.82) is 0 Å². The van der Waals surface area contributed by atoms with Crippen LogP contribution in [-0.2, 0) is 4.79 Å². The Morgan fingerprint density at radius 3 is 2.19 bits per heavy atom. The van der Waals surface area contributed by atoms with Crippen molar-refractivity contribution in [2.24, 2.45) is 0 Å². The lowest BCUT2D eigenvalue weighted by Crippen LogP contribution is -2.37. The maximum atomic E-state index is 12.0. The van der Waals surface area contributed by atoms with Crippen molar-refractivity contribution in [3.63, 3.8) is 0 Å². The van der Waals surface area contributed by atoms with Gasteiger partial charge in [-0.05, 0) is 36.4 Å². The van der Waals surface area contributed by atoms with Crippen molar-refractivity contribution in [2.45, 2.75) is 0 Å². The molecule has 0 bridgehead atoms. The van der Waals surface area contributed by atoms with Gasteiger partial charge in [-0.3, -0.25) is 9.59 Å². The number of carboxylic acids is 1. The van der Waals surface area contributed by atoms with Crippen LogP contribution in [0.2, 0.25) is 5.02 Å². The van der Waals surface area contributed by atoms with E-state index in [0.29, 0.717) is 10.8 Å². The van der Waals surface area contributed by atoms with E-state index in [1.807, 2.05) is 0 Å². The fourth-order valence-electron chi connectivity index (χ4n) is 2.07.